The number of carbonyl (C=O) groups is 1. The molecule has 0 atom stereocenters. The van der Waals surface area contributed by atoms with Gasteiger partial charge in [-0.25, -0.2) is 4.79 Å². The number of hydrogen-bond acceptors (Lipinski definition) is 5. The average molecular weight is 257 g/mol. The summed E-state index contributed by atoms with van der Waals surface area (Å²) in [5.41, 5.74) is 3.69. The Bertz CT molecular complexity index is 404. The van der Waals surface area contributed by atoms with E-state index in [1.54, 1.807) is 38.3 Å². The Labute approximate surface area is 105 Å². The zero-order valence-electron chi connectivity index (χ0n) is 9.57. The van der Waals surface area contributed by atoms with E-state index < -0.39 is 5.97 Å². The third-order valence-corrected chi connectivity index (χ3v) is 2.19. The largest absolute Gasteiger partial charge is 0.497 e. The van der Waals surface area contributed by atoms with E-state index in [1.165, 1.54) is 0 Å². The summed E-state index contributed by atoms with van der Waals surface area (Å²) < 4.78 is 9.09. The van der Waals surface area contributed by atoms with Crippen LogP contribution in [-0.4, -0.2) is 18.8 Å². The van der Waals surface area contributed by atoms with Crippen molar-refractivity contribution in [2.75, 3.05) is 12.5 Å². The minimum absolute atomic E-state index is 0.218. The maximum absolute atomic E-state index is 11.1. The molecule has 0 saturated carbocycles. The number of carbonyl (C=O) groups excluding carboxylic acids is 1. The van der Waals surface area contributed by atoms with Crippen molar-refractivity contribution in [3.05, 3.63) is 24.3 Å². The van der Waals surface area contributed by atoms with Gasteiger partial charge in [-0.3, -0.25) is 5.43 Å². The summed E-state index contributed by atoms with van der Waals surface area (Å²) in [4.78, 5) is 11.1. The molecular formula is C11H13ClN2O3. The monoisotopic (exact) mass is 256 g/mol. The summed E-state index contributed by atoms with van der Waals surface area (Å²) in [6.07, 6.45) is 0.425. The van der Waals surface area contributed by atoms with Gasteiger partial charge in [0.05, 0.1) is 12.8 Å². The summed E-state index contributed by atoms with van der Waals surface area (Å²) >= 11 is 4.97. The molecule has 0 aliphatic rings. The van der Waals surface area contributed by atoms with Crippen LogP contribution in [0.4, 0.5) is 5.69 Å². The predicted octanol–water partition coefficient (Wildman–Crippen LogP) is 2.57. The van der Waals surface area contributed by atoms with Crippen LogP contribution in [0.1, 0.15) is 13.3 Å². The van der Waals surface area contributed by atoms with Gasteiger partial charge >= 0.3 is 5.97 Å². The molecule has 17 heavy (non-hydrogen) atoms. The van der Waals surface area contributed by atoms with E-state index in [2.05, 4.69) is 14.8 Å². The minimum Gasteiger partial charge on any atom is -0.497 e. The highest BCUT2D eigenvalue weighted by molar-refractivity contribution is 6.40. The molecule has 0 unspecified atom stereocenters. The first-order valence-corrected chi connectivity index (χ1v) is 5.31. The first kappa shape index (κ1) is 13.3. The van der Waals surface area contributed by atoms with Crippen LogP contribution in [0.2, 0.25) is 0 Å². The molecule has 1 aromatic carbocycles. The second kappa shape index (κ2) is 6.75. The van der Waals surface area contributed by atoms with Gasteiger partial charge in [0.1, 0.15) is 23.3 Å². The summed E-state index contributed by atoms with van der Waals surface area (Å²) in [5, 5.41) is 3.91. The zero-order chi connectivity index (χ0) is 12.7. The molecule has 0 saturated heterocycles. The lowest BCUT2D eigenvalue weighted by Gasteiger charge is -2.04. The van der Waals surface area contributed by atoms with Crippen molar-refractivity contribution in [3.63, 3.8) is 0 Å². The number of hydrogen-bond donors (Lipinski definition) is 1. The number of halogens is 1. The number of methoxy groups -OCH3 is 1. The second-order valence-electron chi connectivity index (χ2n) is 3.12. The number of ether oxygens (including phenoxy) is 1. The van der Waals surface area contributed by atoms with Crippen molar-refractivity contribution >= 4 is 29.2 Å². The molecule has 0 fully saturated rings. The Morgan fingerprint density at radius 3 is 2.53 bits per heavy atom. The van der Waals surface area contributed by atoms with E-state index in [9.17, 15) is 4.79 Å². The SMILES string of the molecule is CC/C(=N/Nc1ccc(OC)cc1)C(=O)OCl. The van der Waals surface area contributed by atoms with Crippen molar-refractivity contribution < 1.29 is 13.8 Å². The summed E-state index contributed by atoms with van der Waals surface area (Å²) in [6.45, 7) is 1.78. The van der Waals surface area contributed by atoms with Gasteiger partial charge in [0, 0.05) is 0 Å². The van der Waals surface area contributed by atoms with Crippen LogP contribution in [0.15, 0.2) is 29.4 Å². The topological polar surface area (TPSA) is 59.9 Å². The van der Waals surface area contributed by atoms with Crippen molar-refractivity contribution in [1.82, 2.24) is 0 Å². The molecule has 0 heterocycles. The molecule has 0 amide bonds. The van der Waals surface area contributed by atoms with Crippen molar-refractivity contribution in [3.8, 4) is 5.75 Å². The Morgan fingerprint density at radius 2 is 2.06 bits per heavy atom. The van der Waals surface area contributed by atoms with Gasteiger partial charge in [-0.2, -0.15) is 5.10 Å². The first-order chi connectivity index (χ1) is 8.21. The van der Waals surface area contributed by atoms with Crippen LogP contribution in [0.5, 0.6) is 5.75 Å². The zero-order valence-corrected chi connectivity index (χ0v) is 10.3. The Balaban J connectivity index is 2.69. The van der Waals surface area contributed by atoms with Crippen LogP contribution in [0, 0.1) is 0 Å². The minimum atomic E-state index is -0.657. The number of hydrazone groups is 1. The van der Waals surface area contributed by atoms with E-state index in [4.69, 9.17) is 16.6 Å². The van der Waals surface area contributed by atoms with Crippen LogP contribution in [-0.2, 0) is 9.08 Å². The first-order valence-electron chi connectivity index (χ1n) is 5.00. The Kier molecular flexibility index (Phi) is 5.29. The molecule has 0 spiro atoms. The molecule has 0 aromatic heterocycles. The predicted molar refractivity (Wildman–Crippen MR) is 66.3 cm³/mol. The number of rotatable bonds is 5. The van der Waals surface area contributed by atoms with Crippen molar-refractivity contribution in [2.45, 2.75) is 13.3 Å². The molecule has 92 valence electrons. The highest BCUT2D eigenvalue weighted by Crippen LogP contribution is 2.14. The van der Waals surface area contributed by atoms with E-state index in [0.29, 0.717) is 6.42 Å². The molecular weight excluding hydrogens is 244 g/mol. The smallest absolute Gasteiger partial charge is 0.372 e. The number of nitrogens with one attached hydrogen (secondary N) is 1. The standard InChI is InChI=1S/C11H13ClN2O3/c1-3-10(11(15)17-12)14-13-8-4-6-9(16-2)7-5-8/h4-7,13H,3H2,1-2H3/b14-10-. The lowest BCUT2D eigenvalue weighted by atomic mass is 10.3. The highest BCUT2D eigenvalue weighted by Gasteiger charge is 2.10. The quantitative estimate of drug-likeness (QED) is 0.650. The van der Waals surface area contributed by atoms with Crippen LogP contribution in [0.25, 0.3) is 0 Å². The fourth-order valence-electron chi connectivity index (χ4n) is 1.11. The van der Waals surface area contributed by atoms with E-state index in [0.717, 1.165) is 11.4 Å². The summed E-state index contributed by atoms with van der Waals surface area (Å²) in [6, 6.07) is 7.12. The average Bonchev–Trinajstić information content (AvgIpc) is 2.39. The van der Waals surface area contributed by atoms with Gasteiger partial charge in [0.2, 0.25) is 0 Å². The van der Waals surface area contributed by atoms with Gasteiger partial charge in [0.25, 0.3) is 0 Å². The van der Waals surface area contributed by atoms with Gasteiger partial charge < -0.3 is 9.03 Å². The van der Waals surface area contributed by atoms with Crippen LogP contribution < -0.4 is 10.2 Å². The van der Waals surface area contributed by atoms with Crippen LogP contribution >= 0.6 is 11.9 Å². The molecule has 0 bridgehead atoms. The molecule has 0 aliphatic carbocycles. The lowest BCUT2D eigenvalue weighted by molar-refractivity contribution is -0.126. The van der Waals surface area contributed by atoms with Gasteiger partial charge in [-0.1, -0.05) is 6.92 Å². The molecule has 1 aromatic rings. The van der Waals surface area contributed by atoms with Crippen molar-refractivity contribution in [2.24, 2.45) is 5.10 Å². The molecule has 1 N–H and O–H groups in total. The molecule has 6 heteroatoms. The van der Waals surface area contributed by atoms with Gasteiger partial charge in [-0.05, 0) is 30.7 Å². The van der Waals surface area contributed by atoms with Crippen molar-refractivity contribution in [1.29, 1.82) is 0 Å². The summed E-state index contributed by atoms with van der Waals surface area (Å²) in [7, 11) is 1.59. The third-order valence-electron chi connectivity index (χ3n) is 2.05. The fraction of sp³-hybridized carbons (Fsp3) is 0.273. The fourth-order valence-corrected chi connectivity index (χ4v) is 1.20. The lowest BCUT2D eigenvalue weighted by Crippen LogP contribution is -2.14. The maximum atomic E-state index is 11.1. The van der Waals surface area contributed by atoms with E-state index in [1.807, 2.05) is 0 Å². The molecule has 5 nitrogen and oxygen atoms in total. The van der Waals surface area contributed by atoms with E-state index >= 15 is 0 Å². The third kappa shape index (κ3) is 3.96. The van der Waals surface area contributed by atoms with Gasteiger partial charge in [-0.15, -0.1) is 0 Å². The maximum Gasteiger partial charge on any atom is 0.372 e. The number of benzene rings is 1. The van der Waals surface area contributed by atoms with Crippen LogP contribution in [0.3, 0.4) is 0 Å². The van der Waals surface area contributed by atoms with Gasteiger partial charge in [0.15, 0.2) is 0 Å². The molecule has 0 radical (unpaired) electrons. The summed E-state index contributed by atoms with van der Waals surface area (Å²) in [5.74, 6) is 0.0885. The molecule has 0 aliphatic heterocycles. The number of anilines is 1. The Morgan fingerprint density at radius 1 is 1.41 bits per heavy atom. The normalized spacial score (nSPS) is 10.9. The van der Waals surface area contributed by atoms with E-state index in [-0.39, 0.29) is 5.71 Å². The molecule has 1 rings (SSSR count). The highest BCUT2D eigenvalue weighted by atomic mass is 35.5. The second-order valence-corrected chi connectivity index (χ2v) is 3.27. The number of nitrogens with zero attached hydrogens (tertiary/aromatic N) is 1. The Hall–Kier alpha value is -1.75.